The van der Waals surface area contributed by atoms with Crippen LogP contribution in [0.15, 0.2) is 29.4 Å². The average molecular weight is 550 g/mol. The van der Waals surface area contributed by atoms with Crippen molar-refractivity contribution in [3.63, 3.8) is 0 Å². The van der Waals surface area contributed by atoms with Crippen molar-refractivity contribution in [2.45, 2.75) is 46.0 Å². The molecule has 3 amide bonds. The summed E-state index contributed by atoms with van der Waals surface area (Å²) in [5, 5.41) is 12.4. The lowest BCUT2D eigenvalue weighted by Crippen LogP contribution is -2.26. The first-order valence-corrected chi connectivity index (χ1v) is 13.2. The number of ketones is 1. The number of anilines is 1. The van der Waals surface area contributed by atoms with Gasteiger partial charge in [-0.15, -0.1) is 0 Å². The Hall–Kier alpha value is -3.35. The van der Waals surface area contributed by atoms with E-state index in [0.29, 0.717) is 71.3 Å². The third-order valence-corrected chi connectivity index (χ3v) is 5.15. The van der Waals surface area contributed by atoms with Gasteiger partial charge in [0.2, 0.25) is 17.7 Å². The number of hydrogen-bond donors (Lipinski definition) is 4. The second-order valence-corrected chi connectivity index (χ2v) is 8.67. The Morgan fingerprint density at radius 3 is 1.92 bits per heavy atom. The molecule has 39 heavy (non-hydrogen) atoms. The van der Waals surface area contributed by atoms with E-state index in [1.54, 1.807) is 13.1 Å². The monoisotopic (exact) mass is 549 g/mol. The van der Waals surface area contributed by atoms with Crippen molar-refractivity contribution in [3.05, 3.63) is 29.8 Å². The van der Waals surface area contributed by atoms with Crippen molar-refractivity contribution in [2.24, 2.45) is 5.10 Å². The van der Waals surface area contributed by atoms with Gasteiger partial charge in [-0.2, -0.15) is 5.10 Å². The number of nitrogens with zero attached hydrogens (tertiary/aromatic N) is 1. The third-order valence-electron chi connectivity index (χ3n) is 5.15. The Kier molecular flexibility index (Phi) is 18.6. The molecule has 0 saturated heterocycles. The molecule has 1 aromatic carbocycles. The van der Waals surface area contributed by atoms with Crippen molar-refractivity contribution in [1.82, 2.24) is 16.1 Å². The van der Waals surface area contributed by atoms with Gasteiger partial charge in [0, 0.05) is 51.9 Å². The van der Waals surface area contributed by atoms with E-state index in [4.69, 9.17) is 14.2 Å². The minimum Gasteiger partial charge on any atom is -0.379 e. The molecule has 0 atom stereocenters. The Labute approximate surface area is 230 Å². The van der Waals surface area contributed by atoms with Crippen LogP contribution in [0, 0.1) is 0 Å². The van der Waals surface area contributed by atoms with E-state index >= 15 is 0 Å². The molecule has 12 heteroatoms. The number of hydrogen-bond acceptors (Lipinski definition) is 9. The van der Waals surface area contributed by atoms with Gasteiger partial charge in [-0.05, 0) is 44.4 Å². The number of benzene rings is 1. The van der Waals surface area contributed by atoms with E-state index in [1.165, 1.54) is 6.92 Å². The van der Waals surface area contributed by atoms with E-state index in [9.17, 15) is 19.2 Å². The Balaban J connectivity index is 1.94. The predicted molar refractivity (Wildman–Crippen MR) is 149 cm³/mol. The number of Topliss-reactive ketones (excluding diaryl/α,β-unsaturated/α-hetero) is 1. The topological polar surface area (TPSA) is 156 Å². The van der Waals surface area contributed by atoms with Crippen molar-refractivity contribution in [3.8, 4) is 0 Å². The standard InChI is InChI=1S/C27H43N5O7/c1-21(33)19-27(36)30-12-6-14-38-16-18-39-17-15-37-13-5-11-29-25(34)9-10-26(35)31-24-8-4-7-23(20-24)22(2)32-28-3/h4,7-8,20,28H,5-6,9-19H2,1-3H3,(H,29,34)(H,30,36)(H,31,35)/b32-22-. The zero-order valence-corrected chi connectivity index (χ0v) is 23.3. The molecular formula is C27H43N5O7. The first-order valence-electron chi connectivity index (χ1n) is 13.2. The molecule has 0 heterocycles. The summed E-state index contributed by atoms with van der Waals surface area (Å²) in [6.07, 6.45) is 1.44. The normalized spacial score (nSPS) is 11.1. The minimum absolute atomic E-state index is 0.0866. The van der Waals surface area contributed by atoms with E-state index < -0.39 is 0 Å². The molecule has 0 bridgehead atoms. The summed E-state index contributed by atoms with van der Waals surface area (Å²) in [6, 6.07) is 7.36. The van der Waals surface area contributed by atoms with Crippen LogP contribution < -0.4 is 21.4 Å². The van der Waals surface area contributed by atoms with Crippen LogP contribution in [0.2, 0.25) is 0 Å². The molecule has 0 unspecified atom stereocenters. The fourth-order valence-electron chi connectivity index (χ4n) is 3.23. The first kappa shape index (κ1) is 33.7. The largest absolute Gasteiger partial charge is 0.379 e. The molecule has 1 rings (SSSR count). The molecule has 1 aromatic rings. The molecule has 218 valence electrons. The van der Waals surface area contributed by atoms with Crippen LogP contribution in [-0.4, -0.2) is 89.0 Å². The number of nitrogens with one attached hydrogen (secondary N) is 4. The molecule has 0 radical (unpaired) electrons. The van der Waals surface area contributed by atoms with Gasteiger partial charge in [-0.1, -0.05) is 12.1 Å². The van der Waals surface area contributed by atoms with E-state index in [-0.39, 0.29) is 42.8 Å². The lowest BCUT2D eigenvalue weighted by atomic mass is 10.1. The summed E-state index contributed by atoms with van der Waals surface area (Å²) in [7, 11) is 1.72. The molecule has 0 aliphatic heterocycles. The van der Waals surface area contributed by atoms with Crippen LogP contribution in [0.25, 0.3) is 0 Å². The predicted octanol–water partition coefficient (Wildman–Crippen LogP) is 1.39. The van der Waals surface area contributed by atoms with Crippen LogP contribution >= 0.6 is 0 Å². The maximum Gasteiger partial charge on any atom is 0.227 e. The van der Waals surface area contributed by atoms with E-state index in [1.807, 2.05) is 25.1 Å². The number of carbonyl (C=O) groups is 4. The number of rotatable bonds is 22. The van der Waals surface area contributed by atoms with Gasteiger partial charge in [0.15, 0.2) is 0 Å². The van der Waals surface area contributed by atoms with Crippen molar-refractivity contribution < 1.29 is 33.4 Å². The van der Waals surface area contributed by atoms with Gasteiger partial charge in [-0.25, -0.2) is 0 Å². The second-order valence-electron chi connectivity index (χ2n) is 8.67. The van der Waals surface area contributed by atoms with Crippen LogP contribution in [0.5, 0.6) is 0 Å². The summed E-state index contributed by atoms with van der Waals surface area (Å²) < 4.78 is 16.3. The smallest absolute Gasteiger partial charge is 0.227 e. The lowest BCUT2D eigenvalue weighted by Gasteiger charge is -2.09. The van der Waals surface area contributed by atoms with Crippen molar-refractivity contribution in [2.75, 3.05) is 65.1 Å². The third kappa shape index (κ3) is 18.5. The van der Waals surface area contributed by atoms with Crippen LogP contribution in [0.4, 0.5) is 5.69 Å². The summed E-state index contributed by atoms with van der Waals surface area (Å²) in [4.78, 5) is 46.3. The highest BCUT2D eigenvalue weighted by atomic mass is 16.5. The van der Waals surface area contributed by atoms with Gasteiger partial charge in [0.1, 0.15) is 5.78 Å². The van der Waals surface area contributed by atoms with E-state index in [0.717, 1.165) is 11.3 Å². The molecule has 0 aliphatic rings. The maximum absolute atomic E-state index is 12.2. The second kappa shape index (κ2) is 21.6. The van der Waals surface area contributed by atoms with Gasteiger partial charge in [0.25, 0.3) is 0 Å². The SMILES string of the molecule is CN/N=C(/C)c1cccc(NC(=O)CCC(=O)NCCCOCCOCCOCCCNC(=O)CC(C)=O)c1. The highest BCUT2D eigenvalue weighted by Crippen LogP contribution is 2.12. The fraction of sp³-hybridized carbons (Fsp3) is 0.593. The lowest BCUT2D eigenvalue weighted by molar-refractivity contribution is -0.127. The molecule has 0 saturated carbocycles. The number of amides is 3. The minimum atomic E-state index is -0.266. The summed E-state index contributed by atoms with van der Waals surface area (Å²) in [6.45, 7) is 6.95. The number of carbonyl (C=O) groups excluding carboxylic acids is 4. The molecule has 4 N–H and O–H groups in total. The van der Waals surface area contributed by atoms with E-state index in [2.05, 4.69) is 26.5 Å². The zero-order valence-electron chi connectivity index (χ0n) is 23.3. The van der Waals surface area contributed by atoms with Gasteiger partial charge in [0.05, 0.1) is 38.6 Å². The molecule has 12 nitrogen and oxygen atoms in total. The highest BCUT2D eigenvalue weighted by molar-refractivity contribution is 6.00. The molecule has 0 aliphatic carbocycles. The summed E-state index contributed by atoms with van der Waals surface area (Å²) >= 11 is 0. The highest BCUT2D eigenvalue weighted by Gasteiger charge is 2.08. The van der Waals surface area contributed by atoms with Gasteiger partial charge in [-0.3, -0.25) is 19.2 Å². The quantitative estimate of drug-likeness (QED) is 0.0732. The number of hydrazone groups is 1. The Morgan fingerprint density at radius 1 is 0.769 bits per heavy atom. The molecule has 0 fully saturated rings. The Bertz CT molecular complexity index is 924. The van der Waals surface area contributed by atoms with Crippen molar-refractivity contribution >= 4 is 34.9 Å². The van der Waals surface area contributed by atoms with Crippen LogP contribution in [0.3, 0.4) is 0 Å². The summed E-state index contributed by atoms with van der Waals surface area (Å²) in [5.41, 5.74) is 5.08. The van der Waals surface area contributed by atoms with Crippen LogP contribution in [0.1, 0.15) is 51.5 Å². The molecular weight excluding hydrogens is 506 g/mol. The Morgan fingerprint density at radius 2 is 1.33 bits per heavy atom. The average Bonchev–Trinajstić information content (AvgIpc) is 2.89. The number of ether oxygens (including phenoxy) is 3. The molecule has 0 aromatic heterocycles. The fourth-order valence-corrected chi connectivity index (χ4v) is 3.23. The van der Waals surface area contributed by atoms with Crippen molar-refractivity contribution in [1.29, 1.82) is 0 Å². The summed E-state index contributed by atoms with van der Waals surface area (Å²) in [5.74, 6) is -0.833. The zero-order chi connectivity index (χ0) is 28.7. The van der Waals surface area contributed by atoms with Gasteiger partial charge >= 0.3 is 0 Å². The van der Waals surface area contributed by atoms with Crippen LogP contribution in [-0.2, 0) is 33.4 Å². The van der Waals surface area contributed by atoms with Gasteiger partial charge < -0.3 is 35.6 Å². The molecule has 0 spiro atoms. The first-order chi connectivity index (χ1) is 18.8. The maximum atomic E-state index is 12.2.